The molecular formula is C21H12N2O3. The van der Waals surface area contributed by atoms with E-state index in [1.807, 2.05) is 42.5 Å². The molecule has 0 aliphatic heterocycles. The quantitative estimate of drug-likeness (QED) is 0.513. The molecule has 5 heteroatoms. The molecule has 4 rings (SSSR count). The lowest BCUT2D eigenvalue weighted by Gasteiger charge is -2.08. The molecule has 0 saturated carbocycles. The molecule has 0 bridgehead atoms. The fraction of sp³-hybridized carbons (Fsp3) is 0. The lowest BCUT2D eigenvalue weighted by molar-refractivity contribution is 0.461. The lowest BCUT2D eigenvalue weighted by atomic mass is 10.0. The third-order valence-corrected chi connectivity index (χ3v) is 3.86. The number of benzene rings is 2. The molecule has 5 nitrogen and oxygen atoms in total. The number of ether oxygens (including phenoxy) is 1. The van der Waals surface area contributed by atoms with Gasteiger partial charge in [-0.1, -0.05) is 36.4 Å². The normalized spacial score (nSPS) is 10.4. The van der Waals surface area contributed by atoms with Crippen LogP contribution in [0.5, 0.6) is 11.6 Å². The van der Waals surface area contributed by atoms with Gasteiger partial charge in [-0.05, 0) is 29.3 Å². The van der Waals surface area contributed by atoms with E-state index in [0.29, 0.717) is 17.2 Å². The summed E-state index contributed by atoms with van der Waals surface area (Å²) in [5.41, 5.74) is 1.99. The van der Waals surface area contributed by atoms with Gasteiger partial charge in [-0.3, -0.25) is 0 Å². The highest BCUT2D eigenvalue weighted by Gasteiger charge is 2.10. The zero-order valence-corrected chi connectivity index (χ0v) is 13.5. The van der Waals surface area contributed by atoms with Crippen LogP contribution in [0.1, 0.15) is 5.69 Å². The van der Waals surface area contributed by atoms with Crippen LogP contribution in [0, 0.1) is 11.3 Å². The number of hydrogen-bond acceptors (Lipinski definition) is 5. The average molecular weight is 340 g/mol. The van der Waals surface area contributed by atoms with Crippen molar-refractivity contribution in [3.8, 4) is 28.8 Å². The molecule has 0 atom stereocenters. The molecule has 0 N–H and O–H groups in total. The zero-order valence-electron chi connectivity index (χ0n) is 13.5. The van der Waals surface area contributed by atoms with Gasteiger partial charge in [0.05, 0.1) is 0 Å². The number of hydrogen-bond donors (Lipinski definition) is 0. The highest BCUT2D eigenvalue weighted by atomic mass is 16.5. The van der Waals surface area contributed by atoms with Gasteiger partial charge in [0.15, 0.2) is 0 Å². The van der Waals surface area contributed by atoms with E-state index in [-0.39, 0.29) is 5.69 Å². The molecule has 0 amide bonds. The van der Waals surface area contributed by atoms with E-state index in [2.05, 4.69) is 4.98 Å². The molecule has 0 saturated heterocycles. The molecule has 26 heavy (non-hydrogen) atoms. The predicted molar refractivity (Wildman–Crippen MR) is 96.9 cm³/mol. The standard InChI is InChI=1S/C21H12N2O3/c22-13-15-7-4-8-20(23-15)25-16-9-10-17-18(14-5-2-1-3-6-14)12-21(24)26-19(17)11-16/h1-12H. The second kappa shape index (κ2) is 6.54. The Labute approximate surface area is 148 Å². The van der Waals surface area contributed by atoms with Crippen molar-refractivity contribution in [3.05, 3.63) is 88.9 Å². The first-order chi connectivity index (χ1) is 12.7. The molecule has 0 aliphatic rings. The minimum absolute atomic E-state index is 0.265. The molecule has 4 aromatic rings. The van der Waals surface area contributed by atoms with Crippen LogP contribution in [0.3, 0.4) is 0 Å². The number of nitrogens with zero attached hydrogens (tertiary/aromatic N) is 2. The van der Waals surface area contributed by atoms with Crippen molar-refractivity contribution in [1.29, 1.82) is 5.26 Å². The van der Waals surface area contributed by atoms with Gasteiger partial charge >= 0.3 is 5.63 Å². The summed E-state index contributed by atoms with van der Waals surface area (Å²) < 4.78 is 11.0. The number of pyridine rings is 1. The van der Waals surface area contributed by atoms with Gasteiger partial charge in [-0.15, -0.1) is 0 Å². The Bertz CT molecular complexity index is 1190. The van der Waals surface area contributed by atoms with Crippen LogP contribution in [0.25, 0.3) is 22.1 Å². The number of aromatic nitrogens is 1. The summed E-state index contributed by atoms with van der Waals surface area (Å²) in [6.45, 7) is 0. The number of fused-ring (bicyclic) bond motifs is 1. The minimum atomic E-state index is -0.432. The van der Waals surface area contributed by atoms with Gasteiger partial charge in [0, 0.05) is 23.6 Å². The molecule has 2 aromatic heterocycles. The summed E-state index contributed by atoms with van der Waals surface area (Å²) in [7, 11) is 0. The fourth-order valence-corrected chi connectivity index (χ4v) is 2.72. The van der Waals surface area contributed by atoms with E-state index < -0.39 is 5.63 Å². The van der Waals surface area contributed by atoms with Gasteiger partial charge in [0.2, 0.25) is 5.88 Å². The van der Waals surface area contributed by atoms with Crippen LogP contribution in [-0.4, -0.2) is 4.98 Å². The molecule has 0 unspecified atom stereocenters. The molecule has 124 valence electrons. The van der Waals surface area contributed by atoms with Crippen molar-refractivity contribution in [2.75, 3.05) is 0 Å². The molecule has 2 aromatic carbocycles. The summed E-state index contributed by atoms with van der Waals surface area (Å²) in [4.78, 5) is 16.0. The summed E-state index contributed by atoms with van der Waals surface area (Å²) in [5.74, 6) is 0.762. The maximum absolute atomic E-state index is 12.0. The van der Waals surface area contributed by atoms with Crippen molar-refractivity contribution < 1.29 is 9.15 Å². The molecule has 0 aliphatic carbocycles. The van der Waals surface area contributed by atoms with E-state index in [0.717, 1.165) is 16.5 Å². The third kappa shape index (κ3) is 3.04. The van der Waals surface area contributed by atoms with Gasteiger partial charge in [0.25, 0.3) is 0 Å². The molecular weight excluding hydrogens is 328 g/mol. The van der Waals surface area contributed by atoms with Crippen molar-refractivity contribution >= 4 is 11.0 Å². The summed E-state index contributed by atoms with van der Waals surface area (Å²) in [5, 5.41) is 9.73. The maximum Gasteiger partial charge on any atom is 0.336 e. The Morgan fingerprint density at radius 2 is 1.81 bits per heavy atom. The Morgan fingerprint density at radius 1 is 0.962 bits per heavy atom. The number of rotatable bonds is 3. The highest BCUT2D eigenvalue weighted by molar-refractivity contribution is 5.93. The highest BCUT2D eigenvalue weighted by Crippen LogP contribution is 2.30. The van der Waals surface area contributed by atoms with Crippen molar-refractivity contribution in [2.24, 2.45) is 0 Å². The lowest BCUT2D eigenvalue weighted by Crippen LogP contribution is -1.98. The van der Waals surface area contributed by atoms with Crippen LogP contribution >= 0.6 is 0 Å². The van der Waals surface area contributed by atoms with Gasteiger partial charge in [0.1, 0.15) is 23.1 Å². The Hall–Kier alpha value is -3.91. The topological polar surface area (TPSA) is 76.1 Å². The summed E-state index contributed by atoms with van der Waals surface area (Å²) in [6.07, 6.45) is 0. The van der Waals surface area contributed by atoms with Crippen LogP contribution in [0.4, 0.5) is 0 Å². The van der Waals surface area contributed by atoms with Crippen molar-refractivity contribution in [2.45, 2.75) is 0 Å². The SMILES string of the molecule is N#Cc1cccc(Oc2ccc3c(-c4ccccc4)cc(=O)oc3c2)n1. The second-order valence-corrected chi connectivity index (χ2v) is 5.58. The fourth-order valence-electron chi connectivity index (χ4n) is 2.72. The van der Waals surface area contributed by atoms with E-state index >= 15 is 0 Å². The average Bonchev–Trinajstić information content (AvgIpc) is 2.68. The Morgan fingerprint density at radius 3 is 2.62 bits per heavy atom. The summed E-state index contributed by atoms with van der Waals surface area (Å²) >= 11 is 0. The minimum Gasteiger partial charge on any atom is -0.439 e. The van der Waals surface area contributed by atoms with Crippen LogP contribution in [0.15, 0.2) is 82.0 Å². The van der Waals surface area contributed by atoms with Crippen LogP contribution in [0.2, 0.25) is 0 Å². The third-order valence-electron chi connectivity index (χ3n) is 3.86. The van der Waals surface area contributed by atoms with Crippen molar-refractivity contribution in [3.63, 3.8) is 0 Å². The number of nitriles is 1. The zero-order chi connectivity index (χ0) is 17.9. The van der Waals surface area contributed by atoms with Crippen LogP contribution in [-0.2, 0) is 0 Å². The molecule has 0 radical (unpaired) electrons. The van der Waals surface area contributed by atoms with Crippen LogP contribution < -0.4 is 10.4 Å². The summed E-state index contributed by atoms with van der Waals surface area (Å²) in [6, 6.07) is 23.3. The van der Waals surface area contributed by atoms with Gasteiger partial charge in [-0.25, -0.2) is 9.78 Å². The second-order valence-electron chi connectivity index (χ2n) is 5.58. The largest absolute Gasteiger partial charge is 0.439 e. The molecule has 2 heterocycles. The molecule has 0 spiro atoms. The smallest absolute Gasteiger partial charge is 0.336 e. The van der Waals surface area contributed by atoms with E-state index in [4.69, 9.17) is 14.4 Å². The Kier molecular flexibility index (Phi) is 3.92. The van der Waals surface area contributed by atoms with Crippen molar-refractivity contribution in [1.82, 2.24) is 4.98 Å². The predicted octanol–water partition coefficient (Wildman–Crippen LogP) is 4.52. The first kappa shape index (κ1) is 15.6. The first-order valence-corrected chi connectivity index (χ1v) is 7.91. The Balaban J connectivity index is 1.78. The maximum atomic E-state index is 12.0. The molecule has 0 fully saturated rings. The van der Waals surface area contributed by atoms with E-state index in [1.54, 1.807) is 30.3 Å². The van der Waals surface area contributed by atoms with E-state index in [1.165, 1.54) is 6.07 Å². The van der Waals surface area contributed by atoms with E-state index in [9.17, 15) is 4.79 Å². The first-order valence-electron chi connectivity index (χ1n) is 7.91. The van der Waals surface area contributed by atoms with Gasteiger partial charge < -0.3 is 9.15 Å². The monoisotopic (exact) mass is 340 g/mol. The van der Waals surface area contributed by atoms with Gasteiger partial charge in [-0.2, -0.15) is 5.26 Å².